The highest BCUT2D eigenvalue weighted by molar-refractivity contribution is 6.30. The number of allylic oxidation sites excluding steroid dienone is 1. The molecule has 2 heterocycles. The molecule has 0 bridgehead atoms. The van der Waals surface area contributed by atoms with Gasteiger partial charge in [-0.25, -0.2) is 0 Å². The number of hydrogen-bond donors (Lipinski definition) is 0. The standard InChI is InChI=1S/C20H21ClN4O2/c1-4-24-13-18(14(2)23-24)19(26)7-5-15-6-8-20(27-3)16(9-15)11-25-12-17(21)10-22-25/h5-10,12-13H,4,11H2,1-3H3. The van der Waals surface area contributed by atoms with Gasteiger partial charge in [-0.2, -0.15) is 10.2 Å². The maximum absolute atomic E-state index is 12.5. The van der Waals surface area contributed by atoms with Crippen molar-refractivity contribution in [1.29, 1.82) is 0 Å². The summed E-state index contributed by atoms with van der Waals surface area (Å²) in [5.74, 6) is 0.689. The molecule has 6 nitrogen and oxygen atoms in total. The average Bonchev–Trinajstić information content (AvgIpc) is 3.25. The lowest BCUT2D eigenvalue weighted by Crippen LogP contribution is -2.02. The predicted octanol–water partition coefficient (Wildman–Crippen LogP) is 4.01. The molecule has 7 heteroatoms. The van der Waals surface area contributed by atoms with Crippen LogP contribution in [0.4, 0.5) is 0 Å². The summed E-state index contributed by atoms with van der Waals surface area (Å²) in [5.41, 5.74) is 3.20. The van der Waals surface area contributed by atoms with Crippen molar-refractivity contribution in [1.82, 2.24) is 19.6 Å². The molecule has 0 radical (unpaired) electrons. The molecule has 140 valence electrons. The van der Waals surface area contributed by atoms with Crippen LogP contribution in [0.2, 0.25) is 5.02 Å². The van der Waals surface area contributed by atoms with E-state index in [1.54, 1.807) is 47.2 Å². The highest BCUT2D eigenvalue weighted by atomic mass is 35.5. The minimum absolute atomic E-state index is 0.0663. The van der Waals surface area contributed by atoms with E-state index in [0.717, 1.165) is 29.1 Å². The van der Waals surface area contributed by atoms with Crippen molar-refractivity contribution in [3.8, 4) is 5.75 Å². The highest BCUT2D eigenvalue weighted by Crippen LogP contribution is 2.22. The van der Waals surface area contributed by atoms with Gasteiger partial charge in [0.25, 0.3) is 0 Å². The lowest BCUT2D eigenvalue weighted by atomic mass is 10.1. The fraction of sp³-hybridized carbons (Fsp3) is 0.250. The minimum atomic E-state index is -0.0663. The van der Waals surface area contributed by atoms with E-state index in [2.05, 4.69) is 10.2 Å². The van der Waals surface area contributed by atoms with Crippen molar-refractivity contribution in [2.75, 3.05) is 7.11 Å². The first-order valence-corrected chi connectivity index (χ1v) is 8.99. The Hall–Kier alpha value is -2.86. The topological polar surface area (TPSA) is 61.9 Å². The van der Waals surface area contributed by atoms with E-state index in [9.17, 15) is 4.79 Å². The molecular weight excluding hydrogens is 364 g/mol. The summed E-state index contributed by atoms with van der Waals surface area (Å²) in [5, 5.41) is 9.10. The van der Waals surface area contributed by atoms with Crippen molar-refractivity contribution in [3.05, 3.63) is 70.3 Å². The zero-order valence-electron chi connectivity index (χ0n) is 15.5. The van der Waals surface area contributed by atoms with Gasteiger partial charge in [0.05, 0.1) is 36.1 Å². The predicted molar refractivity (Wildman–Crippen MR) is 105 cm³/mol. The maximum atomic E-state index is 12.5. The number of benzene rings is 1. The molecule has 0 amide bonds. The molecule has 3 rings (SSSR count). The van der Waals surface area contributed by atoms with Crippen LogP contribution in [0.15, 0.2) is 42.9 Å². The summed E-state index contributed by atoms with van der Waals surface area (Å²) in [7, 11) is 1.63. The lowest BCUT2D eigenvalue weighted by Gasteiger charge is -2.09. The molecule has 3 aromatic rings. The first-order chi connectivity index (χ1) is 13.0. The van der Waals surface area contributed by atoms with E-state index in [-0.39, 0.29) is 5.78 Å². The third kappa shape index (κ3) is 4.46. The smallest absolute Gasteiger partial charge is 0.189 e. The molecule has 0 aliphatic carbocycles. The Balaban J connectivity index is 1.81. The zero-order chi connectivity index (χ0) is 19.4. The van der Waals surface area contributed by atoms with Crippen molar-refractivity contribution >= 4 is 23.5 Å². The number of carbonyl (C=O) groups is 1. The van der Waals surface area contributed by atoms with Gasteiger partial charge in [-0.05, 0) is 37.6 Å². The van der Waals surface area contributed by atoms with Crippen LogP contribution in [0, 0.1) is 6.92 Å². The largest absolute Gasteiger partial charge is 0.496 e. The molecule has 0 atom stereocenters. The molecule has 0 aliphatic rings. The van der Waals surface area contributed by atoms with Gasteiger partial charge in [0.2, 0.25) is 0 Å². The number of methoxy groups -OCH3 is 1. The van der Waals surface area contributed by atoms with Crippen LogP contribution in [-0.2, 0) is 13.1 Å². The zero-order valence-corrected chi connectivity index (χ0v) is 16.3. The second-order valence-corrected chi connectivity index (χ2v) is 6.55. The second-order valence-electron chi connectivity index (χ2n) is 6.11. The fourth-order valence-electron chi connectivity index (χ4n) is 2.81. The first kappa shape index (κ1) is 18.9. The van der Waals surface area contributed by atoms with Crippen LogP contribution in [0.5, 0.6) is 5.75 Å². The van der Waals surface area contributed by atoms with Crippen LogP contribution >= 0.6 is 11.6 Å². The number of nitrogens with zero attached hydrogens (tertiary/aromatic N) is 4. The number of carbonyl (C=O) groups excluding carboxylic acids is 1. The van der Waals surface area contributed by atoms with Gasteiger partial charge in [0.15, 0.2) is 5.78 Å². The Bertz CT molecular complexity index is 988. The van der Waals surface area contributed by atoms with Gasteiger partial charge in [0.1, 0.15) is 5.75 Å². The molecule has 0 N–H and O–H groups in total. The Morgan fingerprint density at radius 2 is 2.11 bits per heavy atom. The molecule has 27 heavy (non-hydrogen) atoms. The number of aromatic nitrogens is 4. The van der Waals surface area contributed by atoms with E-state index in [4.69, 9.17) is 16.3 Å². The van der Waals surface area contributed by atoms with Crippen LogP contribution in [0.25, 0.3) is 6.08 Å². The summed E-state index contributed by atoms with van der Waals surface area (Å²) in [4.78, 5) is 12.5. The quantitative estimate of drug-likeness (QED) is 0.456. The number of hydrogen-bond acceptors (Lipinski definition) is 4. The first-order valence-electron chi connectivity index (χ1n) is 8.61. The maximum Gasteiger partial charge on any atom is 0.189 e. The molecular formula is C20H21ClN4O2. The van der Waals surface area contributed by atoms with Crippen molar-refractivity contribution in [2.45, 2.75) is 26.9 Å². The summed E-state index contributed by atoms with van der Waals surface area (Å²) in [6, 6.07) is 5.76. The van der Waals surface area contributed by atoms with E-state index in [1.807, 2.05) is 32.0 Å². The SMILES string of the molecule is CCn1cc(C(=O)C=Cc2ccc(OC)c(Cn3cc(Cl)cn3)c2)c(C)n1. The summed E-state index contributed by atoms with van der Waals surface area (Å²) < 4.78 is 8.93. The van der Waals surface area contributed by atoms with E-state index < -0.39 is 0 Å². The highest BCUT2D eigenvalue weighted by Gasteiger charge is 2.11. The molecule has 1 aromatic carbocycles. The lowest BCUT2D eigenvalue weighted by molar-refractivity contribution is 0.104. The molecule has 0 fully saturated rings. The molecule has 0 saturated carbocycles. The average molecular weight is 385 g/mol. The number of rotatable bonds is 7. The number of halogens is 1. The summed E-state index contributed by atoms with van der Waals surface area (Å²) in [6.45, 7) is 5.08. The van der Waals surface area contributed by atoms with Crippen molar-refractivity contribution in [2.24, 2.45) is 0 Å². The second kappa shape index (κ2) is 8.22. The van der Waals surface area contributed by atoms with E-state index in [1.165, 1.54) is 0 Å². The van der Waals surface area contributed by atoms with Gasteiger partial charge >= 0.3 is 0 Å². The Labute approximate surface area is 163 Å². The molecule has 0 unspecified atom stereocenters. The molecule has 0 spiro atoms. The fourth-order valence-corrected chi connectivity index (χ4v) is 2.96. The van der Waals surface area contributed by atoms with Gasteiger partial charge in [-0.1, -0.05) is 23.7 Å². The Morgan fingerprint density at radius 3 is 2.74 bits per heavy atom. The van der Waals surface area contributed by atoms with Gasteiger partial charge in [-0.3, -0.25) is 14.2 Å². The van der Waals surface area contributed by atoms with Crippen molar-refractivity contribution in [3.63, 3.8) is 0 Å². The normalized spacial score (nSPS) is 11.3. The van der Waals surface area contributed by atoms with Crippen LogP contribution in [-0.4, -0.2) is 32.5 Å². The molecule has 2 aromatic heterocycles. The van der Waals surface area contributed by atoms with Gasteiger partial charge in [0, 0.05) is 24.5 Å². The summed E-state index contributed by atoms with van der Waals surface area (Å²) >= 11 is 5.93. The minimum Gasteiger partial charge on any atom is -0.496 e. The third-order valence-electron chi connectivity index (χ3n) is 4.20. The number of ether oxygens (including phenoxy) is 1. The van der Waals surface area contributed by atoms with Gasteiger partial charge in [-0.15, -0.1) is 0 Å². The third-order valence-corrected chi connectivity index (χ3v) is 4.40. The number of ketones is 1. The Kier molecular flexibility index (Phi) is 5.76. The Morgan fingerprint density at radius 1 is 1.30 bits per heavy atom. The summed E-state index contributed by atoms with van der Waals surface area (Å²) in [6.07, 6.45) is 8.49. The van der Waals surface area contributed by atoms with Crippen LogP contribution < -0.4 is 4.74 Å². The van der Waals surface area contributed by atoms with Gasteiger partial charge < -0.3 is 4.74 Å². The monoisotopic (exact) mass is 384 g/mol. The van der Waals surface area contributed by atoms with Crippen molar-refractivity contribution < 1.29 is 9.53 Å². The van der Waals surface area contributed by atoms with E-state index in [0.29, 0.717) is 17.1 Å². The molecule has 0 aliphatic heterocycles. The van der Waals surface area contributed by atoms with E-state index >= 15 is 0 Å². The molecule has 0 saturated heterocycles. The number of aryl methyl sites for hydroxylation is 2. The van der Waals surface area contributed by atoms with Crippen LogP contribution in [0.1, 0.15) is 34.1 Å². The van der Waals surface area contributed by atoms with Crippen LogP contribution in [0.3, 0.4) is 0 Å².